The number of methoxy groups -OCH3 is 1. The fourth-order valence-electron chi connectivity index (χ4n) is 2.64. The van der Waals surface area contributed by atoms with Crippen LogP contribution in [-0.4, -0.2) is 38.2 Å². The molecular formula is C16H23NO3. The SMILES string of the molecule is COc1ccccc1[C@@H](C)N(C)C(=O)C1CCOCC1. The van der Waals surface area contributed by atoms with Crippen LogP contribution in [0.3, 0.4) is 0 Å². The number of carbonyl (C=O) groups excluding carboxylic acids is 1. The monoisotopic (exact) mass is 277 g/mol. The first-order valence-corrected chi connectivity index (χ1v) is 7.12. The fourth-order valence-corrected chi connectivity index (χ4v) is 2.64. The summed E-state index contributed by atoms with van der Waals surface area (Å²) >= 11 is 0. The number of rotatable bonds is 4. The first kappa shape index (κ1) is 14.9. The first-order valence-electron chi connectivity index (χ1n) is 7.12. The Morgan fingerprint density at radius 1 is 1.35 bits per heavy atom. The summed E-state index contributed by atoms with van der Waals surface area (Å²) in [5, 5.41) is 0. The van der Waals surface area contributed by atoms with Crippen LogP contribution in [0.1, 0.15) is 31.4 Å². The van der Waals surface area contributed by atoms with Gasteiger partial charge in [0, 0.05) is 31.7 Å². The van der Waals surface area contributed by atoms with Gasteiger partial charge in [-0.05, 0) is 25.8 Å². The second kappa shape index (κ2) is 6.75. The van der Waals surface area contributed by atoms with Crippen LogP contribution >= 0.6 is 0 Å². The predicted octanol–water partition coefficient (Wildman–Crippen LogP) is 2.64. The molecule has 1 fully saturated rings. The molecule has 1 aliphatic rings. The van der Waals surface area contributed by atoms with E-state index in [2.05, 4.69) is 0 Å². The highest BCUT2D eigenvalue weighted by molar-refractivity contribution is 5.79. The second-order valence-electron chi connectivity index (χ2n) is 5.25. The van der Waals surface area contributed by atoms with Crippen LogP contribution in [-0.2, 0) is 9.53 Å². The number of nitrogens with zero attached hydrogens (tertiary/aromatic N) is 1. The maximum atomic E-state index is 12.5. The quantitative estimate of drug-likeness (QED) is 0.849. The van der Waals surface area contributed by atoms with Crippen molar-refractivity contribution in [2.75, 3.05) is 27.4 Å². The largest absolute Gasteiger partial charge is 0.496 e. The summed E-state index contributed by atoms with van der Waals surface area (Å²) in [4.78, 5) is 14.4. The maximum absolute atomic E-state index is 12.5. The van der Waals surface area contributed by atoms with Gasteiger partial charge >= 0.3 is 0 Å². The Balaban J connectivity index is 2.11. The van der Waals surface area contributed by atoms with E-state index in [0.717, 1.165) is 24.2 Å². The molecule has 1 aromatic carbocycles. The van der Waals surface area contributed by atoms with E-state index in [9.17, 15) is 4.79 Å². The van der Waals surface area contributed by atoms with Crippen molar-refractivity contribution >= 4 is 5.91 Å². The van der Waals surface area contributed by atoms with Crippen LogP contribution in [0.4, 0.5) is 0 Å². The molecule has 0 aromatic heterocycles. The minimum atomic E-state index is 0.00138. The van der Waals surface area contributed by atoms with Crippen molar-refractivity contribution in [1.29, 1.82) is 0 Å². The Labute approximate surface area is 120 Å². The van der Waals surface area contributed by atoms with Crippen LogP contribution in [0, 0.1) is 5.92 Å². The molecule has 0 spiro atoms. The van der Waals surface area contributed by atoms with Crippen molar-refractivity contribution in [3.05, 3.63) is 29.8 Å². The van der Waals surface area contributed by atoms with Gasteiger partial charge in [0.25, 0.3) is 0 Å². The molecule has 1 amide bonds. The van der Waals surface area contributed by atoms with E-state index < -0.39 is 0 Å². The molecule has 0 bridgehead atoms. The Bertz CT molecular complexity index is 455. The minimum absolute atomic E-state index is 0.00138. The topological polar surface area (TPSA) is 38.8 Å². The Kier molecular flexibility index (Phi) is 5.01. The second-order valence-corrected chi connectivity index (χ2v) is 5.25. The molecule has 1 heterocycles. The number of hydrogen-bond acceptors (Lipinski definition) is 3. The zero-order valence-electron chi connectivity index (χ0n) is 12.5. The molecular weight excluding hydrogens is 254 g/mol. The standard InChI is InChI=1S/C16H23NO3/c1-12(14-6-4-5-7-15(14)19-3)17(2)16(18)13-8-10-20-11-9-13/h4-7,12-13H,8-11H2,1-3H3/t12-/m1/s1. The van der Waals surface area contributed by atoms with Crippen molar-refractivity contribution in [2.24, 2.45) is 5.92 Å². The molecule has 2 rings (SSSR count). The summed E-state index contributed by atoms with van der Waals surface area (Å²) < 4.78 is 10.7. The third-order valence-corrected chi connectivity index (χ3v) is 4.09. The molecule has 1 aromatic rings. The van der Waals surface area contributed by atoms with Crippen LogP contribution in [0.5, 0.6) is 5.75 Å². The molecule has 4 nitrogen and oxygen atoms in total. The van der Waals surface area contributed by atoms with Crippen LogP contribution < -0.4 is 4.74 Å². The van der Waals surface area contributed by atoms with Gasteiger partial charge in [0.05, 0.1) is 13.2 Å². The normalized spacial score (nSPS) is 17.6. The molecule has 1 aliphatic heterocycles. The highest BCUT2D eigenvalue weighted by atomic mass is 16.5. The Morgan fingerprint density at radius 2 is 2.00 bits per heavy atom. The molecule has 0 aliphatic carbocycles. The van der Waals surface area contributed by atoms with E-state index >= 15 is 0 Å². The van der Waals surface area contributed by atoms with Gasteiger partial charge in [-0.1, -0.05) is 18.2 Å². The van der Waals surface area contributed by atoms with E-state index in [1.54, 1.807) is 7.11 Å². The van der Waals surface area contributed by atoms with Crippen molar-refractivity contribution < 1.29 is 14.3 Å². The van der Waals surface area contributed by atoms with Gasteiger partial charge in [-0.15, -0.1) is 0 Å². The van der Waals surface area contributed by atoms with E-state index in [1.165, 1.54) is 0 Å². The lowest BCUT2D eigenvalue weighted by Gasteiger charge is -2.31. The number of carbonyl (C=O) groups is 1. The Morgan fingerprint density at radius 3 is 2.65 bits per heavy atom. The summed E-state index contributed by atoms with van der Waals surface area (Å²) in [6, 6.07) is 7.85. The van der Waals surface area contributed by atoms with E-state index in [-0.39, 0.29) is 17.9 Å². The fraction of sp³-hybridized carbons (Fsp3) is 0.562. The summed E-state index contributed by atoms with van der Waals surface area (Å²) in [7, 11) is 3.53. The van der Waals surface area contributed by atoms with E-state index in [1.807, 2.05) is 43.1 Å². The van der Waals surface area contributed by atoms with Crippen molar-refractivity contribution in [3.63, 3.8) is 0 Å². The van der Waals surface area contributed by atoms with Gasteiger partial charge in [0.15, 0.2) is 0 Å². The summed E-state index contributed by atoms with van der Waals surface area (Å²) in [6.07, 6.45) is 1.64. The molecule has 0 saturated carbocycles. The molecule has 1 atom stereocenters. The van der Waals surface area contributed by atoms with Gasteiger partial charge in [0.2, 0.25) is 5.91 Å². The van der Waals surface area contributed by atoms with E-state index in [4.69, 9.17) is 9.47 Å². The lowest BCUT2D eigenvalue weighted by atomic mass is 9.97. The number of para-hydroxylation sites is 1. The summed E-state index contributed by atoms with van der Waals surface area (Å²) in [5.74, 6) is 1.12. The van der Waals surface area contributed by atoms with Gasteiger partial charge in [-0.2, -0.15) is 0 Å². The molecule has 20 heavy (non-hydrogen) atoms. The Hall–Kier alpha value is -1.55. The predicted molar refractivity (Wildman–Crippen MR) is 77.7 cm³/mol. The van der Waals surface area contributed by atoms with Crippen LogP contribution in [0.2, 0.25) is 0 Å². The number of amides is 1. The number of ether oxygens (including phenoxy) is 2. The van der Waals surface area contributed by atoms with Gasteiger partial charge in [-0.25, -0.2) is 0 Å². The highest BCUT2D eigenvalue weighted by Crippen LogP contribution is 2.30. The molecule has 110 valence electrons. The maximum Gasteiger partial charge on any atom is 0.226 e. The number of benzene rings is 1. The zero-order valence-corrected chi connectivity index (χ0v) is 12.5. The summed E-state index contributed by atoms with van der Waals surface area (Å²) in [5.41, 5.74) is 1.04. The average Bonchev–Trinajstić information content (AvgIpc) is 2.53. The highest BCUT2D eigenvalue weighted by Gasteiger charge is 2.28. The lowest BCUT2D eigenvalue weighted by molar-refractivity contribution is -0.139. The lowest BCUT2D eigenvalue weighted by Crippen LogP contribution is -2.37. The molecule has 0 unspecified atom stereocenters. The van der Waals surface area contributed by atoms with Crippen molar-refractivity contribution in [3.8, 4) is 5.75 Å². The minimum Gasteiger partial charge on any atom is -0.496 e. The van der Waals surface area contributed by atoms with Crippen molar-refractivity contribution in [1.82, 2.24) is 4.90 Å². The number of hydrogen-bond donors (Lipinski definition) is 0. The third kappa shape index (κ3) is 3.12. The van der Waals surface area contributed by atoms with Crippen LogP contribution in [0.15, 0.2) is 24.3 Å². The van der Waals surface area contributed by atoms with Gasteiger partial charge in [0.1, 0.15) is 5.75 Å². The molecule has 1 saturated heterocycles. The molecule has 4 heteroatoms. The van der Waals surface area contributed by atoms with E-state index in [0.29, 0.717) is 13.2 Å². The van der Waals surface area contributed by atoms with Crippen LogP contribution in [0.25, 0.3) is 0 Å². The van der Waals surface area contributed by atoms with Crippen molar-refractivity contribution in [2.45, 2.75) is 25.8 Å². The van der Waals surface area contributed by atoms with Gasteiger partial charge in [-0.3, -0.25) is 4.79 Å². The zero-order chi connectivity index (χ0) is 14.5. The third-order valence-electron chi connectivity index (χ3n) is 4.09. The average molecular weight is 277 g/mol. The first-order chi connectivity index (χ1) is 9.65. The van der Waals surface area contributed by atoms with Gasteiger partial charge < -0.3 is 14.4 Å². The smallest absolute Gasteiger partial charge is 0.226 e. The molecule has 0 N–H and O–H groups in total. The summed E-state index contributed by atoms with van der Waals surface area (Å²) in [6.45, 7) is 3.41. The molecule has 0 radical (unpaired) electrons.